The Morgan fingerprint density at radius 3 is 2.31 bits per heavy atom. The number of nitrogens with one attached hydrogen (secondary N) is 2. The number of nitro groups is 1. The molecule has 3 aliphatic rings. The Morgan fingerprint density at radius 2 is 1.66 bits per heavy atom. The van der Waals surface area contributed by atoms with Crippen molar-refractivity contribution in [2.75, 3.05) is 16.8 Å². The van der Waals surface area contributed by atoms with Gasteiger partial charge in [0.05, 0.1) is 22.4 Å². The van der Waals surface area contributed by atoms with Gasteiger partial charge in [-0.1, -0.05) is 12.8 Å². The van der Waals surface area contributed by atoms with Gasteiger partial charge in [-0.15, -0.1) is 0 Å². The molecule has 2 saturated heterocycles. The van der Waals surface area contributed by atoms with Gasteiger partial charge in [-0.05, 0) is 44.2 Å². The minimum Gasteiger partial charge on any atom is -0.368 e. The zero-order valence-electron chi connectivity index (χ0n) is 16.1. The number of benzene rings is 1. The van der Waals surface area contributed by atoms with Crippen molar-refractivity contribution in [1.29, 1.82) is 0 Å². The Balaban J connectivity index is 1.62. The summed E-state index contributed by atoms with van der Waals surface area (Å²) in [5.41, 5.74) is 0.171. The number of carbonyl (C=O) groups excluding carboxylic acids is 3. The number of imide groups is 1. The maximum Gasteiger partial charge on any atom is 0.294 e. The standard InChI is InChI=1S/C20H24N4O5/c25-18-16(7-3-4-10-21-18)22-15-9-8-12(11-17(15)24(28)29)23-19(26)13-5-1-2-6-14(13)20(23)27/h8-9,11,13-14,16,22H,1-7,10H2,(H,21,25). The lowest BCUT2D eigenvalue weighted by molar-refractivity contribution is -0.383. The third-order valence-corrected chi connectivity index (χ3v) is 6.14. The van der Waals surface area contributed by atoms with Crippen molar-refractivity contribution in [2.24, 2.45) is 11.8 Å². The van der Waals surface area contributed by atoms with Crippen LogP contribution in [0, 0.1) is 22.0 Å². The van der Waals surface area contributed by atoms with Crippen LogP contribution in [0.15, 0.2) is 18.2 Å². The van der Waals surface area contributed by atoms with E-state index in [2.05, 4.69) is 10.6 Å². The van der Waals surface area contributed by atoms with Gasteiger partial charge >= 0.3 is 0 Å². The van der Waals surface area contributed by atoms with E-state index < -0.39 is 11.0 Å². The van der Waals surface area contributed by atoms with Crippen LogP contribution < -0.4 is 15.5 Å². The number of hydrogen-bond acceptors (Lipinski definition) is 6. The SMILES string of the molecule is O=C1NCCCCC1Nc1ccc(N2C(=O)C3CCCCC3C2=O)cc1[N+](=O)[O-]. The van der Waals surface area contributed by atoms with Crippen LogP contribution in [0.2, 0.25) is 0 Å². The first-order valence-corrected chi connectivity index (χ1v) is 10.2. The van der Waals surface area contributed by atoms with Crippen LogP contribution in [0.3, 0.4) is 0 Å². The van der Waals surface area contributed by atoms with Crippen LogP contribution in [0.1, 0.15) is 44.9 Å². The quantitative estimate of drug-likeness (QED) is 0.455. The van der Waals surface area contributed by atoms with Gasteiger partial charge in [-0.3, -0.25) is 24.5 Å². The molecule has 2 aliphatic heterocycles. The highest BCUT2D eigenvalue weighted by Gasteiger charge is 2.49. The first kappa shape index (κ1) is 19.4. The molecule has 2 heterocycles. The maximum atomic E-state index is 12.8. The van der Waals surface area contributed by atoms with Crippen molar-refractivity contribution in [3.63, 3.8) is 0 Å². The van der Waals surface area contributed by atoms with E-state index in [9.17, 15) is 24.5 Å². The molecule has 0 aromatic heterocycles. The van der Waals surface area contributed by atoms with Crippen LogP contribution in [0.4, 0.5) is 17.1 Å². The second-order valence-electron chi connectivity index (χ2n) is 7.95. The van der Waals surface area contributed by atoms with Crippen molar-refractivity contribution >= 4 is 34.8 Å². The van der Waals surface area contributed by atoms with Crippen molar-refractivity contribution in [1.82, 2.24) is 5.32 Å². The minimum absolute atomic E-state index is 0.185. The molecular weight excluding hydrogens is 376 g/mol. The molecule has 154 valence electrons. The summed E-state index contributed by atoms with van der Waals surface area (Å²) in [6, 6.07) is 3.72. The Hall–Kier alpha value is -2.97. The lowest BCUT2D eigenvalue weighted by atomic mass is 9.81. The van der Waals surface area contributed by atoms with Gasteiger partial charge in [0, 0.05) is 12.6 Å². The van der Waals surface area contributed by atoms with Gasteiger partial charge in [-0.25, -0.2) is 4.90 Å². The molecule has 0 radical (unpaired) electrons. The van der Waals surface area contributed by atoms with E-state index in [1.165, 1.54) is 18.2 Å². The summed E-state index contributed by atoms with van der Waals surface area (Å²) in [5, 5.41) is 17.4. The number of nitrogens with zero attached hydrogens (tertiary/aromatic N) is 2. The predicted molar refractivity (Wildman–Crippen MR) is 105 cm³/mol. The van der Waals surface area contributed by atoms with Crippen LogP contribution in [-0.2, 0) is 14.4 Å². The summed E-state index contributed by atoms with van der Waals surface area (Å²) in [4.78, 5) is 49.9. The minimum atomic E-state index is -0.557. The first-order valence-electron chi connectivity index (χ1n) is 10.2. The molecule has 1 aliphatic carbocycles. The number of hydrogen-bond donors (Lipinski definition) is 2. The molecule has 1 saturated carbocycles. The number of nitro benzene ring substituents is 1. The average molecular weight is 400 g/mol. The fourth-order valence-corrected chi connectivity index (χ4v) is 4.61. The van der Waals surface area contributed by atoms with Crippen LogP contribution in [-0.4, -0.2) is 35.2 Å². The van der Waals surface area contributed by atoms with Crippen molar-refractivity contribution in [3.8, 4) is 0 Å². The van der Waals surface area contributed by atoms with E-state index in [1.807, 2.05) is 0 Å². The van der Waals surface area contributed by atoms with Gasteiger partial charge in [0.15, 0.2) is 0 Å². The second-order valence-corrected chi connectivity index (χ2v) is 7.95. The Labute approximate surface area is 168 Å². The zero-order chi connectivity index (χ0) is 20.5. The summed E-state index contributed by atoms with van der Waals surface area (Å²) in [6.07, 6.45) is 5.49. The van der Waals surface area contributed by atoms with Gasteiger partial charge in [0.25, 0.3) is 5.69 Å². The number of rotatable bonds is 4. The molecule has 9 nitrogen and oxygen atoms in total. The van der Waals surface area contributed by atoms with E-state index in [0.717, 1.165) is 30.6 Å². The largest absolute Gasteiger partial charge is 0.368 e. The van der Waals surface area contributed by atoms with E-state index in [1.54, 1.807) is 0 Å². The van der Waals surface area contributed by atoms with E-state index >= 15 is 0 Å². The predicted octanol–water partition coefficient (Wildman–Crippen LogP) is 2.35. The van der Waals surface area contributed by atoms with E-state index in [0.29, 0.717) is 25.8 Å². The highest BCUT2D eigenvalue weighted by Crippen LogP contribution is 2.41. The summed E-state index contributed by atoms with van der Waals surface area (Å²) in [6.45, 7) is 0.597. The Kier molecular flexibility index (Phi) is 5.21. The smallest absolute Gasteiger partial charge is 0.294 e. The third-order valence-electron chi connectivity index (χ3n) is 6.14. The molecule has 3 atom stereocenters. The summed E-state index contributed by atoms with van der Waals surface area (Å²) >= 11 is 0. The third kappa shape index (κ3) is 3.56. The second kappa shape index (κ2) is 7.81. The van der Waals surface area contributed by atoms with E-state index in [4.69, 9.17) is 0 Å². The summed E-state index contributed by atoms with van der Waals surface area (Å²) in [5.74, 6) is -1.35. The fraction of sp³-hybridized carbons (Fsp3) is 0.550. The maximum absolute atomic E-state index is 12.8. The highest BCUT2D eigenvalue weighted by atomic mass is 16.6. The van der Waals surface area contributed by atoms with Gasteiger partial charge in [-0.2, -0.15) is 0 Å². The van der Waals surface area contributed by atoms with Crippen LogP contribution in [0.25, 0.3) is 0 Å². The first-order chi connectivity index (χ1) is 14.0. The van der Waals surface area contributed by atoms with Crippen LogP contribution in [0.5, 0.6) is 0 Å². The lowest BCUT2D eigenvalue weighted by Gasteiger charge is -2.19. The molecule has 0 spiro atoms. The molecule has 29 heavy (non-hydrogen) atoms. The fourth-order valence-electron chi connectivity index (χ4n) is 4.61. The molecule has 9 heteroatoms. The van der Waals surface area contributed by atoms with Gasteiger partial charge in [0.2, 0.25) is 17.7 Å². The topological polar surface area (TPSA) is 122 Å². The van der Waals surface area contributed by atoms with Crippen LogP contribution >= 0.6 is 0 Å². The Bertz CT molecular complexity index is 846. The normalized spacial score (nSPS) is 27.2. The van der Waals surface area contributed by atoms with Crippen molar-refractivity contribution in [2.45, 2.75) is 51.0 Å². The number of anilines is 2. The van der Waals surface area contributed by atoms with E-state index in [-0.39, 0.29) is 46.6 Å². The Morgan fingerprint density at radius 1 is 1.00 bits per heavy atom. The molecule has 4 rings (SSSR count). The monoisotopic (exact) mass is 400 g/mol. The zero-order valence-corrected chi connectivity index (χ0v) is 16.1. The number of amides is 3. The molecule has 0 bridgehead atoms. The average Bonchev–Trinajstić information content (AvgIpc) is 2.83. The highest BCUT2D eigenvalue weighted by molar-refractivity contribution is 6.22. The van der Waals surface area contributed by atoms with Gasteiger partial charge in [0.1, 0.15) is 11.7 Å². The summed E-state index contributed by atoms with van der Waals surface area (Å²) < 4.78 is 0. The molecule has 1 aromatic rings. The molecule has 3 fully saturated rings. The molecule has 1 aromatic carbocycles. The van der Waals surface area contributed by atoms with Gasteiger partial charge < -0.3 is 10.6 Å². The van der Waals surface area contributed by atoms with Crippen molar-refractivity contribution < 1.29 is 19.3 Å². The molecule has 2 N–H and O–H groups in total. The summed E-state index contributed by atoms with van der Waals surface area (Å²) in [7, 11) is 0. The molecular formula is C20H24N4O5. The number of fused-ring (bicyclic) bond motifs is 1. The number of carbonyl (C=O) groups is 3. The molecule has 3 amide bonds. The lowest BCUT2D eigenvalue weighted by Crippen LogP contribution is -2.38. The molecule has 3 unspecified atom stereocenters. The van der Waals surface area contributed by atoms with Crippen molar-refractivity contribution in [3.05, 3.63) is 28.3 Å².